The van der Waals surface area contributed by atoms with Crippen molar-refractivity contribution < 1.29 is 9.48 Å². The highest BCUT2D eigenvalue weighted by molar-refractivity contribution is 5.84. The van der Waals surface area contributed by atoms with Crippen molar-refractivity contribution in [1.82, 2.24) is 15.0 Å². The summed E-state index contributed by atoms with van der Waals surface area (Å²) in [6, 6.07) is 17.5. The van der Waals surface area contributed by atoms with Gasteiger partial charge in [-0.1, -0.05) is 320 Å². The number of hydrogen-bond donors (Lipinski definition) is 0. The zero-order valence-corrected chi connectivity index (χ0v) is 64.8. The van der Waals surface area contributed by atoms with E-state index in [1.54, 1.807) is 9.37 Å². The maximum atomic E-state index is 11.5. The molecule has 0 fully saturated rings. The lowest BCUT2D eigenvalue weighted by Crippen LogP contribution is -2.25. The monoisotopic (exact) mass is 1170 g/mol. The molecular weight excluding hydrogens is 1010 g/mol. The summed E-state index contributed by atoms with van der Waals surface area (Å²) in [7, 11) is 3.72. The van der Waals surface area contributed by atoms with Gasteiger partial charge in [0.2, 0.25) is 6.04 Å². The number of hydrogen-bond acceptors (Lipinski definition) is 5. The largest absolute Gasteiger partial charge is 0.299 e. The summed E-state index contributed by atoms with van der Waals surface area (Å²) in [6.07, 6.45) is 8.30. The van der Waals surface area contributed by atoms with Gasteiger partial charge in [-0.3, -0.25) is 9.48 Å². The molecule has 0 N–H and O–H groups in total. The number of ketones is 1. The van der Waals surface area contributed by atoms with E-state index in [-0.39, 0.29) is 16.9 Å². The predicted molar refractivity (Wildman–Crippen MR) is 383 cm³/mol. The number of carbonyl (C=O) groups is 1. The summed E-state index contributed by atoms with van der Waals surface area (Å²) >= 11 is 0. The topological polar surface area (TPSA) is 75.5 Å². The molecule has 4 rings (SSSR count). The van der Waals surface area contributed by atoms with Gasteiger partial charge in [-0.25, -0.2) is 0 Å². The van der Waals surface area contributed by atoms with E-state index < -0.39 is 0 Å². The second-order valence-electron chi connectivity index (χ2n) is 33.2. The van der Waals surface area contributed by atoms with Gasteiger partial charge in [0.1, 0.15) is 24.3 Å². The molecule has 1 aliphatic heterocycles. The first kappa shape index (κ1) is 98.6. The van der Waals surface area contributed by atoms with E-state index in [9.17, 15) is 4.79 Å². The van der Waals surface area contributed by atoms with Crippen molar-refractivity contribution in [3.05, 3.63) is 82.7 Å². The first-order valence-electron chi connectivity index (χ1n) is 32.2. The number of rotatable bonds is 3. The molecule has 83 heavy (non-hydrogen) atoms. The van der Waals surface area contributed by atoms with Gasteiger partial charge >= 0.3 is 0 Å². The lowest BCUT2D eigenvalue weighted by molar-refractivity contribution is -0.501. The molecule has 2 aromatic carbocycles. The Balaban J connectivity index is -0.000000104. The zero-order chi connectivity index (χ0) is 68.5. The molecule has 494 valence electrons. The first-order chi connectivity index (χ1) is 36.8. The van der Waals surface area contributed by atoms with Crippen LogP contribution in [0.1, 0.15) is 303 Å². The van der Waals surface area contributed by atoms with Crippen LogP contribution < -0.4 is 0 Å². The lowest BCUT2D eigenvalue weighted by Gasteiger charge is -2.24. The van der Waals surface area contributed by atoms with Crippen LogP contribution >= 0.6 is 0 Å². The van der Waals surface area contributed by atoms with Crippen molar-refractivity contribution in [2.24, 2.45) is 85.9 Å². The molecule has 7 nitrogen and oxygen atoms in total. The standard InChI is InChI=1S/C12H18.C10H20O.C10H22.C8H10.C4H8N3.C4H7N3.7C4H10/c1-10-6-5-7-11(8-10)9-12(2,3)4;1-9(2,3)7-8(11)10(4,5)6;1-9(2,3)7-8-10(4,5)6;1-7-3-5-8(2)6-4-7;2*1-4-3-7(2)6-5-4;7*1-4(2)3/h5-8H,9H2,1-4H3;7H2,1-6H3;7-8H2,1-6H3;3-6H,1-2H3;3-4H,1-2H3;3H,1-2H3;7*4H,1-3H3/q;;;;+1;;;;;;;;. The Kier molecular flexibility index (Phi) is 65.5. The van der Waals surface area contributed by atoms with Gasteiger partial charge in [-0.2, -0.15) is 0 Å². The summed E-state index contributed by atoms with van der Waals surface area (Å²) in [5.74, 6) is 6.19. The summed E-state index contributed by atoms with van der Waals surface area (Å²) in [5.41, 5.74) is 7.79. The van der Waals surface area contributed by atoms with Gasteiger partial charge in [-0.05, 0) is 123 Å². The van der Waals surface area contributed by atoms with Crippen LogP contribution in [0, 0.1) is 96.2 Å². The summed E-state index contributed by atoms with van der Waals surface area (Å²) < 4.78 is 3.39. The van der Waals surface area contributed by atoms with E-state index in [1.807, 2.05) is 61.1 Å². The van der Waals surface area contributed by atoms with Crippen molar-refractivity contribution in [3.63, 3.8) is 0 Å². The molecule has 3 aromatic rings. The van der Waals surface area contributed by atoms with Crippen LogP contribution in [0.4, 0.5) is 0 Å². The minimum Gasteiger partial charge on any atom is -0.299 e. The normalized spacial score (nSPS) is 12.2. The maximum Gasteiger partial charge on any atom is 0.219 e. The van der Waals surface area contributed by atoms with Gasteiger partial charge in [0.25, 0.3) is 0 Å². The molecule has 0 saturated carbocycles. The van der Waals surface area contributed by atoms with Crippen LogP contribution in [-0.4, -0.2) is 44.8 Å². The molecule has 1 aliphatic rings. The fourth-order valence-corrected chi connectivity index (χ4v) is 4.57. The predicted octanol–water partition coefficient (Wildman–Crippen LogP) is 25.0. The molecule has 7 heteroatoms. The van der Waals surface area contributed by atoms with Crippen LogP contribution in [0.3, 0.4) is 0 Å². The Morgan fingerprint density at radius 1 is 0.494 bits per heavy atom. The number of aromatic nitrogens is 3. The van der Waals surface area contributed by atoms with E-state index in [0.717, 1.165) is 53.5 Å². The molecular formula is C76H155N6O+. The van der Waals surface area contributed by atoms with Gasteiger partial charge in [0.15, 0.2) is 0 Å². The van der Waals surface area contributed by atoms with E-state index in [4.69, 9.17) is 0 Å². The third kappa shape index (κ3) is 139. The Hall–Kier alpha value is -3.48. The van der Waals surface area contributed by atoms with Crippen molar-refractivity contribution in [1.29, 1.82) is 0 Å². The number of carbonyl (C=O) groups excluding carboxylic acids is 1. The third-order valence-corrected chi connectivity index (χ3v) is 7.71. The van der Waals surface area contributed by atoms with Gasteiger partial charge in [0, 0.05) is 30.2 Å². The van der Waals surface area contributed by atoms with Crippen molar-refractivity contribution in [3.8, 4) is 0 Å². The average Bonchev–Trinajstić information content (AvgIpc) is 3.79. The Bertz CT molecular complexity index is 1760. The highest BCUT2D eigenvalue weighted by Gasteiger charge is 2.26. The molecule has 0 bridgehead atoms. The van der Waals surface area contributed by atoms with Gasteiger partial charge < -0.3 is 0 Å². The number of nitrogens with zero attached hydrogens (tertiary/aromatic N) is 6. The first-order valence-corrected chi connectivity index (χ1v) is 32.2. The maximum absolute atomic E-state index is 11.5. The molecule has 1 aromatic heterocycles. The molecule has 2 heterocycles. The van der Waals surface area contributed by atoms with Crippen LogP contribution in [0.5, 0.6) is 0 Å². The zero-order valence-electron chi connectivity index (χ0n) is 64.8. The minimum absolute atomic E-state index is 0.129. The molecule has 0 saturated heterocycles. The number of aryl methyl sites for hydroxylation is 5. The second kappa shape index (κ2) is 55.1. The van der Waals surface area contributed by atoms with Gasteiger partial charge in [-0.15, -0.1) is 9.78 Å². The fraction of sp³-hybridized carbons (Fsp3) is 0.789. The molecule has 0 aliphatic carbocycles. The van der Waals surface area contributed by atoms with Crippen molar-refractivity contribution in [2.75, 3.05) is 7.05 Å². The van der Waals surface area contributed by atoms with E-state index >= 15 is 0 Å². The minimum atomic E-state index is -0.173. The Labute approximate surface area is 525 Å². The summed E-state index contributed by atoms with van der Waals surface area (Å²) in [5, 5.41) is 14.9. The number of Topliss-reactive ketones (excluding diaryl/α,β-unsaturated/α-hetero) is 1. The summed E-state index contributed by atoms with van der Waals surface area (Å²) in [4.78, 5) is 11.5. The number of benzene rings is 2. The van der Waals surface area contributed by atoms with E-state index in [0.29, 0.717) is 28.4 Å². The van der Waals surface area contributed by atoms with E-state index in [1.165, 1.54) is 35.1 Å². The third-order valence-electron chi connectivity index (χ3n) is 7.71. The van der Waals surface area contributed by atoms with Crippen molar-refractivity contribution in [2.45, 2.75) is 316 Å². The second-order valence-corrected chi connectivity index (χ2v) is 33.2. The molecule has 1 atom stereocenters. The average molecular weight is 1170 g/mol. The Morgan fingerprint density at radius 3 is 0.952 bits per heavy atom. The Morgan fingerprint density at radius 2 is 0.807 bits per heavy atom. The van der Waals surface area contributed by atoms with Crippen molar-refractivity contribution >= 4 is 12.0 Å². The lowest BCUT2D eigenvalue weighted by atomic mass is 9.80. The SMILES string of the molecule is CC(C)(C)CC(=O)C(C)(C)C.CC(C)(C)CCC(C)(C)C.CC(C)C.CC(C)C.CC(C)C.CC(C)C.CC(C)C.CC(C)C.CC(C)C.CC1C=[N+](C)N=N1.Cc1ccc(C)cc1.Cc1cccc(CC(C)(C)C)c1.Cc1cn(C)nn1. The quantitative estimate of drug-likeness (QED) is 0.245. The van der Waals surface area contributed by atoms with Crippen LogP contribution in [-0.2, 0) is 18.3 Å². The van der Waals surface area contributed by atoms with Crippen LogP contribution in [0.15, 0.2) is 65.1 Å². The fourth-order valence-electron chi connectivity index (χ4n) is 4.57. The highest BCUT2D eigenvalue weighted by Crippen LogP contribution is 2.29. The molecule has 0 amide bonds. The molecule has 0 radical (unpaired) electrons. The highest BCUT2D eigenvalue weighted by atomic mass is 16.1. The molecule has 1 unspecified atom stereocenters. The van der Waals surface area contributed by atoms with Gasteiger partial charge in [0.05, 0.1) is 5.69 Å². The smallest absolute Gasteiger partial charge is 0.219 e. The van der Waals surface area contributed by atoms with Crippen LogP contribution in [0.25, 0.3) is 0 Å². The van der Waals surface area contributed by atoms with Crippen LogP contribution in [0.2, 0.25) is 0 Å². The van der Waals surface area contributed by atoms with E-state index in [2.05, 4.69) is 318 Å². The summed E-state index contributed by atoms with van der Waals surface area (Å²) in [6.45, 7) is 88.6. The molecule has 0 spiro atoms.